The Labute approximate surface area is 106 Å². The summed E-state index contributed by atoms with van der Waals surface area (Å²) < 4.78 is 18.8. The van der Waals surface area contributed by atoms with Crippen molar-refractivity contribution < 1.29 is 13.9 Å². The first-order valence-corrected chi connectivity index (χ1v) is 6.01. The molecule has 0 radical (unpaired) electrons. The van der Waals surface area contributed by atoms with Gasteiger partial charge in [-0.05, 0) is 38.1 Å². The average molecular weight is 252 g/mol. The molecule has 18 heavy (non-hydrogen) atoms. The molecule has 0 bridgehead atoms. The average Bonchev–Trinajstić information content (AvgIpc) is 2.32. The Bertz CT molecular complexity index is 443. The Morgan fingerprint density at radius 2 is 2.11 bits per heavy atom. The van der Waals surface area contributed by atoms with Crippen LogP contribution < -0.4 is 5.73 Å². The molecule has 0 amide bonds. The lowest BCUT2D eigenvalue weighted by molar-refractivity contribution is 0.0135. The molecule has 2 rings (SSSR count). The number of likely N-dealkylation sites (tertiary alicyclic amines) is 1. The number of esters is 1. The van der Waals surface area contributed by atoms with Crippen LogP contribution in [0.15, 0.2) is 18.2 Å². The molecular weight excluding hydrogens is 235 g/mol. The molecule has 0 saturated carbocycles. The number of nitrogens with zero attached hydrogens (tertiary/aromatic N) is 1. The maximum absolute atomic E-state index is 13.5. The van der Waals surface area contributed by atoms with Gasteiger partial charge in [0.25, 0.3) is 0 Å². The summed E-state index contributed by atoms with van der Waals surface area (Å²) in [5.41, 5.74) is 5.67. The highest BCUT2D eigenvalue weighted by molar-refractivity contribution is 5.90. The second-order valence-electron chi connectivity index (χ2n) is 4.65. The van der Waals surface area contributed by atoms with Crippen LogP contribution in [-0.2, 0) is 4.74 Å². The minimum atomic E-state index is -0.632. The predicted octanol–water partition coefficient (Wildman–Crippen LogP) is 1.66. The molecule has 4 nitrogen and oxygen atoms in total. The number of carbonyl (C=O) groups is 1. The van der Waals surface area contributed by atoms with E-state index in [4.69, 9.17) is 10.5 Å². The highest BCUT2D eigenvalue weighted by Gasteiger charge is 2.22. The van der Waals surface area contributed by atoms with Gasteiger partial charge >= 0.3 is 5.97 Å². The first-order chi connectivity index (χ1) is 8.56. The van der Waals surface area contributed by atoms with Gasteiger partial charge in [0.2, 0.25) is 0 Å². The molecule has 0 aliphatic carbocycles. The third-order valence-corrected chi connectivity index (χ3v) is 3.15. The number of nitrogens with two attached hydrogens (primary N) is 1. The van der Waals surface area contributed by atoms with Crippen molar-refractivity contribution in [2.45, 2.75) is 18.9 Å². The van der Waals surface area contributed by atoms with Crippen molar-refractivity contribution in [3.8, 4) is 0 Å². The van der Waals surface area contributed by atoms with Crippen LogP contribution in [0.5, 0.6) is 0 Å². The Hall–Kier alpha value is -1.62. The number of ether oxygens (including phenoxy) is 1. The van der Waals surface area contributed by atoms with Crippen molar-refractivity contribution in [2.75, 3.05) is 25.9 Å². The zero-order valence-electron chi connectivity index (χ0n) is 10.4. The monoisotopic (exact) mass is 252 g/mol. The molecule has 0 atom stereocenters. The third kappa shape index (κ3) is 2.98. The highest BCUT2D eigenvalue weighted by Crippen LogP contribution is 2.17. The molecule has 1 aromatic carbocycles. The van der Waals surface area contributed by atoms with Gasteiger partial charge in [-0.3, -0.25) is 0 Å². The van der Waals surface area contributed by atoms with Crippen molar-refractivity contribution in [3.05, 3.63) is 29.6 Å². The maximum Gasteiger partial charge on any atom is 0.341 e. The van der Waals surface area contributed by atoms with Gasteiger partial charge < -0.3 is 15.4 Å². The number of carbonyl (C=O) groups excluding carboxylic acids is 1. The molecule has 1 saturated heterocycles. The zero-order valence-corrected chi connectivity index (χ0v) is 10.4. The third-order valence-electron chi connectivity index (χ3n) is 3.15. The van der Waals surface area contributed by atoms with E-state index in [0.717, 1.165) is 32.0 Å². The Kier molecular flexibility index (Phi) is 3.81. The van der Waals surface area contributed by atoms with Gasteiger partial charge in [0.15, 0.2) is 0 Å². The van der Waals surface area contributed by atoms with Crippen molar-refractivity contribution in [3.63, 3.8) is 0 Å². The molecule has 5 heteroatoms. The molecule has 1 fully saturated rings. The summed E-state index contributed by atoms with van der Waals surface area (Å²) in [6, 6.07) is 3.99. The van der Waals surface area contributed by atoms with E-state index in [0.29, 0.717) is 5.69 Å². The van der Waals surface area contributed by atoms with Crippen LogP contribution in [0.3, 0.4) is 0 Å². The summed E-state index contributed by atoms with van der Waals surface area (Å²) in [6.07, 6.45) is 1.46. The number of anilines is 1. The predicted molar refractivity (Wildman–Crippen MR) is 66.7 cm³/mol. The van der Waals surface area contributed by atoms with Crippen LogP contribution in [0.4, 0.5) is 10.1 Å². The lowest BCUT2D eigenvalue weighted by Gasteiger charge is -2.28. The van der Waals surface area contributed by atoms with Crippen LogP contribution in [0, 0.1) is 5.82 Å². The molecule has 2 N–H and O–H groups in total. The van der Waals surface area contributed by atoms with E-state index in [1.165, 1.54) is 12.1 Å². The van der Waals surface area contributed by atoms with Crippen molar-refractivity contribution in [1.29, 1.82) is 0 Å². The van der Waals surface area contributed by atoms with Gasteiger partial charge in [0.1, 0.15) is 11.9 Å². The lowest BCUT2D eigenvalue weighted by atomic mass is 10.1. The minimum Gasteiger partial charge on any atom is -0.459 e. The molecule has 1 aliphatic rings. The summed E-state index contributed by atoms with van der Waals surface area (Å²) in [6.45, 7) is 1.78. The molecule has 1 aliphatic heterocycles. The summed E-state index contributed by atoms with van der Waals surface area (Å²) in [4.78, 5) is 14.0. The number of rotatable bonds is 2. The summed E-state index contributed by atoms with van der Waals surface area (Å²) in [7, 11) is 2.03. The molecule has 0 aromatic heterocycles. The SMILES string of the molecule is CN1CCC(OC(=O)c2ccc(N)cc2F)CC1. The topological polar surface area (TPSA) is 55.6 Å². The summed E-state index contributed by atoms with van der Waals surface area (Å²) in [5.74, 6) is -1.24. The molecule has 1 heterocycles. The van der Waals surface area contributed by atoms with E-state index in [1.807, 2.05) is 7.05 Å². The van der Waals surface area contributed by atoms with E-state index in [9.17, 15) is 9.18 Å². The van der Waals surface area contributed by atoms with Gasteiger partial charge in [-0.25, -0.2) is 9.18 Å². The van der Waals surface area contributed by atoms with Crippen LogP contribution in [0.1, 0.15) is 23.2 Å². The van der Waals surface area contributed by atoms with E-state index in [2.05, 4.69) is 4.90 Å². The van der Waals surface area contributed by atoms with Crippen LogP contribution in [0.25, 0.3) is 0 Å². The lowest BCUT2D eigenvalue weighted by Crippen LogP contribution is -2.35. The first kappa shape index (κ1) is 12.8. The second-order valence-corrected chi connectivity index (χ2v) is 4.65. The molecule has 0 unspecified atom stereocenters. The Balaban J connectivity index is 1.99. The first-order valence-electron chi connectivity index (χ1n) is 6.01. The number of nitrogen functional groups attached to an aromatic ring is 1. The molecular formula is C13H17FN2O2. The number of hydrogen-bond acceptors (Lipinski definition) is 4. The maximum atomic E-state index is 13.5. The number of hydrogen-bond donors (Lipinski definition) is 1. The number of piperidine rings is 1. The zero-order chi connectivity index (χ0) is 13.1. The van der Waals surface area contributed by atoms with Crippen molar-refractivity contribution in [1.82, 2.24) is 4.90 Å². The Morgan fingerprint density at radius 3 is 2.72 bits per heavy atom. The fraction of sp³-hybridized carbons (Fsp3) is 0.462. The normalized spacial score (nSPS) is 17.7. The van der Waals surface area contributed by atoms with Gasteiger partial charge in [0.05, 0.1) is 5.56 Å². The molecule has 1 aromatic rings. The second kappa shape index (κ2) is 5.35. The number of benzene rings is 1. The van der Waals surface area contributed by atoms with Crippen LogP contribution in [0.2, 0.25) is 0 Å². The number of halogens is 1. The Morgan fingerprint density at radius 1 is 1.44 bits per heavy atom. The van der Waals surface area contributed by atoms with E-state index < -0.39 is 11.8 Å². The standard InChI is InChI=1S/C13H17FN2O2/c1-16-6-4-10(5-7-16)18-13(17)11-3-2-9(15)8-12(11)14/h2-3,8,10H,4-7,15H2,1H3. The smallest absolute Gasteiger partial charge is 0.341 e. The van der Waals surface area contributed by atoms with Crippen molar-refractivity contribution in [2.24, 2.45) is 0 Å². The highest BCUT2D eigenvalue weighted by atomic mass is 19.1. The van der Waals surface area contributed by atoms with Crippen molar-refractivity contribution >= 4 is 11.7 Å². The minimum absolute atomic E-state index is 0.0527. The van der Waals surface area contributed by atoms with E-state index in [-0.39, 0.29) is 11.7 Å². The van der Waals surface area contributed by atoms with Gasteiger partial charge in [-0.1, -0.05) is 0 Å². The largest absolute Gasteiger partial charge is 0.459 e. The van der Waals surface area contributed by atoms with Gasteiger partial charge in [0, 0.05) is 18.8 Å². The fourth-order valence-corrected chi connectivity index (χ4v) is 2.01. The van der Waals surface area contributed by atoms with E-state index in [1.54, 1.807) is 0 Å². The molecule has 0 spiro atoms. The van der Waals surface area contributed by atoms with E-state index >= 15 is 0 Å². The fourth-order valence-electron chi connectivity index (χ4n) is 2.01. The summed E-state index contributed by atoms with van der Waals surface area (Å²) >= 11 is 0. The quantitative estimate of drug-likeness (QED) is 0.642. The van der Waals surface area contributed by atoms with Gasteiger partial charge in [-0.2, -0.15) is 0 Å². The van der Waals surface area contributed by atoms with Crippen LogP contribution in [-0.4, -0.2) is 37.1 Å². The molecule has 98 valence electrons. The van der Waals surface area contributed by atoms with Gasteiger partial charge in [-0.15, -0.1) is 0 Å². The summed E-state index contributed by atoms with van der Waals surface area (Å²) in [5, 5.41) is 0. The van der Waals surface area contributed by atoms with Crippen LogP contribution >= 0.6 is 0 Å².